The number of amides is 1. The van der Waals surface area contributed by atoms with Gasteiger partial charge in [0.1, 0.15) is 17.7 Å². The van der Waals surface area contributed by atoms with Crippen molar-refractivity contribution < 1.29 is 27.1 Å². The molecule has 0 bridgehead atoms. The summed E-state index contributed by atoms with van der Waals surface area (Å²) < 4.78 is 54.9. The maximum Gasteiger partial charge on any atom is 0.243 e. The Hall–Kier alpha value is -2.33. The van der Waals surface area contributed by atoms with Crippen molar-refractivity contribution in [3.05, 3.63) is 71.0 Å². The minimum Gasteiger partial charge on any atom is -0.381 e. The van der Waals surface area contributed by atoms with Crippen LogP contribution in [0.4, 0.5) is 4.39 Å². The summed E-state index contributed by atoms with van der Waals surface area (Å²) in [5.74, 6) is -1.01. The van der Waals surface area contributed by atoms with Gasteiger partial charge in [-0.1, -0.05) is 42.5 Å². The molecule has 2 heterocycles. The predicted molar refractivity (Wildman–Crippen MR) is 130 cm³/mol. The normalized spacial score (nSPS) is 24.2. The van der Waals surface area contributed by atoms with E-state index in [9.17, 15) is 13.2 Å². The lowest BCUT2D eigenvalue weighted by atomic mass is 9.74. The van der Waals surface area contributed by atoms with Gasteiger partial charge in [-0.25, -0.2) is 12.8 Å². The molecule has 2 aromatic carbocycles. The standard InChI is InChI=1S/C26H33FN2O5S/c1-19-7-10-24(20-5-3-2-4-6-20)35(31,32)29(19)16-21-8-9-22(15-23(21)27)26(11-13-33-14-12-26)18-34-17-25(28)30/h2-6,8-9,15,19,24H,7,10-14,16-18H2,1H3,(H2,28,30). The van der Waals surface area contributed by atoms with Gasteiger partial charge in [-0.2, -0.15) is 4.31 Å². The van der Waals surface area contributed by atoms with Crippen LogP contribution in [0.1, 0.15) is 54.5 Å². The molecule has 2 aromatic rings. The molecule has 190 valence electrons. The van der Waals surface area contributed by atoms with Crippen LogP contribution in [-0.2, 0) is 36.3 Å². The SMILES string of the molecule is CC1CCC(c2ccccc2)S(=O)(=O)N1Cc1ccc(C2(COCC(N)=O)CCOCC2)cc1F. The number of halogens is 1. The molecule has 7 nitrogen and oxygen atoms in total. The number of benzene rings is 2. The predicted octanol–water partition coefficient (Wildman–Crippen LogP) is 3.43. The Bertz CT molecular complexity index is 1140. The molecular formula is C26H33FN2O5S. The van der Waals surface area contributed by atoms with Crippen molar-refractivity contribution >= 4 is 15.9 Å². The van der Waals surface area contributed by atoms with E-state index in [-0.39, 0.29) is 25.8 Å². The van der Waals surface area contributed by atoms with Crippen LogP contribution in [0, 0.1) is 5.82 Å². The lowest BCUT2D eigenvalue weighted by molar-refractivity contribution is -0.123. The van der Waals surface area contributed by atoms with E-state index in [1.807, 2.05) is 43.3 Å². The summed E-state index contributed by atoms with van der Waals surface area (Å²) in [4.78, 5) is 11.1. The van der Waals surface area contributed by atoms with Crippen molar-refractivity contribution in [1.29, 1.82) is 0 Å². The van der Waals surface area contributed by atoms with Crippen LogP contribution in [0.3, 0.4) is 0 Å². The fourth-order valence-corrected chi connectivity index (χ4v) is 7.34. The Morgan fingerprint density at radius 1 is 1.17 bits per heavy atom. The minimum absolute atomic E-state index is 0.0206. The Kier molecular flexibility index (Phi) is 7.90. The van der Waals surface area contributed by atoms with Crippen molar-refractivity contribution in [3.8, 4) is 0 Å². The second kappa shape index (κ2) is 10.7. The molecule has 0 aliphatic carbocycles. The Morgan fingerprint density at radius 2 is 1.89 bits per heavy atom. The zero-order valence-corrected chi connectivity index (χ0v) is 20.8. The second-order valence-electron chi connectivity index (χ2n) is 9.57. The first-order chi connectivity index (χ1) is 16.7. The van der Waals surface area contributed by atoms with Gasteiger partial charge in [0.2, 0.25) is 15.9 Å². The number of carbonyl (C=O) groups is 1. The summed E-state index contributed by atoms with van der Waals surface area (Å²) in [5, 5.41) is -0.629. The molecule has 2 N–H and O–H groups in total. The van der Waals surface area contributed by atoms with E-state index >= 15 is 4.39 Å². The molecule has 2 fully saturated rings. The molecular weight excluding hydrogens is 471 g/mol. The first-order valence-electron chi connectivity index (χ1n) is 12.0. The first-order valence-corrected chi connectivity index (χ1v) is 13.5. The van der Waals surface area contributed by atoms with E-state index in [0.717, 1.165) is 11.1 Å². The number of hydrogen-bond donors (Lipinski definition) is 1. The Labute approximate surface area is 206 Å². The van der Waals surface area contributed by atoms with Crippen LogP contribution >= 0.6 is 0 Å². The van der Waals surface area contributed by atoms with Crippen molar-refractivity contribution in [1.82, 2.24) is 4.31 Å². The second-order valence-corrected chi connectivity index (χ2v) is 11.6. The minimum atomic E-state index is -3.66. The van der Waals surface area contributed by atoms with Crippen LogP contribution in [0.15, 0.2) is 48.5 Å². The number of nitrogens with two attached hydrogens (primary N) is 1. The van der Waals surface area contributed by atoms with E-state index in [2.05, 4.69) is 0 Å². The van der Waals surface area contributed by atoms with Gasteiger partial charge in [0.15, 0.2) is 0 Å². The number of hydrogen-bond acceptors (Lipinski definition) is 5. The number of carbonyl (C=O) groups excluding carboxylic acids is 1. The third kappa shape index (κ3) is 5.58. The zero-order chi connectivity index (χ0) is 25.1. The zero-order valence-electron chi connectivity index (χ0n) is 20.0. The highest BCUT2D eigenvalue weighted by atomic mass is 32.2. The molecule has 0 spiro atoms. The van der Waals surface area contributed by atoms with E-state index < -0.39 is 32.4 Å². The molecule has 9 heteroatoms. The summed E-state index contributed by atoms with van der Waals surface area (Å²) >= 11 is 0. The summed E-state index contributed by atoms with van der Waals surface area (Å²) in [6.45, 7) is 2.90. The summed E-state index contributed by atoms with van der Waals surface area (Å²) in [6.07, 6.45) is 2.50. The number of rotatable bonds is 8. The number of primary amides is 1. The maximum absolute atomic E-state index is 15.4. The average Bonchev–Trinajstić information content (AvgIpc) is 2.83. The summed E-state index contributed by atoms with van der Waals surface area (Å²) in [6, 6.07) is 14.0. The molecule has 0 radical (unpaired) electrons. The van der Waals surface area contributed by atoms with Gasteiger partial charge >= 0.3 is 0 Å². The van der Waals surface area contributed by atoms with Gasteiger partial charge < -0.3 is 15.2 Å². The maximum atomic E-state index is 15.4. The van der Waals surface area contributed by atoms with Gasteiger partial charge in [0, 0.05) is 36.8 Å². The van der Waals surface area contributed by atoms with Crippen LogP contribution in [0.5, 0.6) is 0 Å². The highest BCUT2D eigenvalue weighted by molar-refractivity contribution is 7.89. The lowest BCUT2D eigenvalue weighted by Crippen LogP contribution is -2.45. The molecule has 2 aliphatic rings. The van der Waals surface area contributed by atoms with Crippen LogP contribution in [0.2, 0.25) is 0 Å². The Balaban J connectivity index is 1.57. The Morgan fingerprint density at radius 3 is 2.54 bits per heavy atom. The van der Waals surface area contributed by atoms with Gasteiger partial charge in [-0.15, -0.1) is 0 Å². The molecule has 4 rings (SSSR count). The molecule has 35 heavy (non-hydrogen) atoms. The fraction of sp³-hybridized carbons (Fsp3) is 0.500. The van der Waals surface area contributed by atoms with Crippen LogP contribution in [0.25, 0.3) is 0 Å². The molecule has 1 amide bonds. The molecule has 0 saturated carbocycles. The third-order valence-corrected chi connectivity index (χ3v) is 9.63. The van der Waals surface area contributed by atoms with E-state index in [0.29, 0.717) is 44.5 Å². The van der Waals surface area contributed by atoms with E-state index in [4.69, 9.17) is 15.2 Å². The highest BCUT2D eigenvalue weighted by Crippen LogP contribution is 2.39. The van der Waals surface area contributed by atoms with Crippen LogP contribution < -0.4 is 5.73 Å². The first kappa shape index (κ1) is 25.8. The van der Waals surface area contributed by atoms with Crippen molar-refractivity contribution in [2.45, 2.75) is 55.9 Å². The quantitative estimate of drug-likeness (QED) is 0.594. The van der Waals surface area contributed by atoms with E-state index in [1.54, 1.807) is 6.07 Å². The summed E-state index contributed by atoms with van der Waals surface area (Å²) in [7, 11) is -3.66. The highest BCUT2D eigenvalue weighted by Gasteiger charge is 2.41. The summed E-state index contributed by atoms with van der Waals surface area (Å²) in [5.41, 5.74) is 6.56. The van der Waals surface area contributed by atoms with Gasteiger partial charge in [0.25, 0.3) is 0 Å². The topological polar surface area (TPSA) is 98.9 Å². The van der Waals surface area contributed by atoms with Gasteiger partial charge in [-0.05, 0) is 49.8 Å². The smallest absolute Gasteiger partial charge is 0.243 e. The molecule has 2 atom stereocenters. The average molecular weight is 505 g/mol. The number of nitrogens with zero attached hydrogens (tertiary/aromatic N) is 1. The fourth-order valence-electron chi connectivity index (χ4n) is 5.15. The van der Waals surface area contributed by atoms with E-state index in [1.165, 1.54) is 10.4 Å². The van der Waals surface area contributed by atoms with Gasteiger partial charge in [0.05, 0.1) is 6.61 Å². The van der Waals surface area contributed by atoms with Crippen molar-refractivity contribution in [2.24, 2.45) is 5.73 Å². The molecule has 0 aromatic heterocycles. The van der Waals surface area contributed by atoms with Crippen molar-refractivity contribution in [2.75, 3.05) is 26.4 Å². The number of ether oxygens (including phenoxy) is 2. The van der Waals surface area contributed by atoms with Crippen LogP contribution in [-0.4, -0.2) is 51.1 Å². The molecule has 2 aliphatic heterocycles. The largest absolute Gasteiger partial charge is 0.381 e. The lowest BCUT2D eigenvalue weighted by Gasteiger charge is -2.38. The monoisotopic (exact) mass is 504 g/mol. The third-order valence-electron chi connectivity index (χ3n) is 7.26. The molecule has 2 saturated heterocycles. The van der Waals surface area contributed by atoms with Crippen molar-refractivity contribution in [3.63, 3.8) is 0 Å². The molecule has 2 unspecified atom stereocenters. The number of sulfonamides is 1. The van der Waals surface area contributed by atoms with Gasteiger partial charge in [-0.3, -0.25) is 4.79 Å².